The number of hydrogen-bond donors (Lipinski definition) is 9. The molecule has 0 rings (SSSR count). The molecule has 0 fully saturated rings. The van der Waals surface area contributed by atoms with Crippen molar-refractivity contribution in [1.82, 2.24) is 16.0 Å². The number of carbonyl (C=O) groups excluding carboxylic acids is 4. The van der Waals surface area contributed by atoms with Gasteiger partial charge in [-0.05, 0) is 13.3 Å². The molecule has 0 aliphatic rings. The van der Waals surface area contributed by atoms with E-state index in [0.717, 1.165) is 0 Å². The molecule has 4 amide bonds. The summed E-state index contributed by atoms with van der Waals surface area (Å²) in [7, 11) is 0. The van der Waals surface area contributed by atoms with Gasteiger partial charge in [0, 0.05) is 6.42 Å². The Kier molecular flexibility index (Phi) is 11.7. The Morgan fingerprint density at radius 2 is 1.35 bits per heavy atom. The standard InChI is InChI=1S/C16H27N5O10/c1-6(23)12(18)15(29)20-8(4-10(17)24)13(27)21-9(5-22)14(28)19-7(16(30)31)2-3-11(25)26/h6-9,12,22-23H,2-5,18H2,1H3,(H2,17,24)(H,19,28)(H,20,29)(H,21,27)(H,25,26)(H,30,31). The largest absolute Gasteiger partial charge is 0.481 e. The summed E-state index contributed by atoms with van der Waals surface area (Å²) >= 11 is 0. The Bertz CT molecular complexity index is 698. The number of aliphatic carboxylic acids is 2. The van der Waals surface area contributed by atoms with Crippen LogP contribution in [0.15, 0.2) is 0 Å². The van der Waals surface area contributed by atoms with Gasteiger partial charge < -0.3 is 47.8 Å². The second kappa shape index (κ2) is 13.1. The van der Waals surface area contributed by atoms with E-state index in [9.17, 15) is 39.0 Å². The van der Waals surface area contributed by atoms with Crippen LogP contribution in [0.4, 0.5) is 0 Å². The number of hydrogen-bond acceptors (Lipinski definition) is 9. The Hall–Kier alpha value is -3.30. The van der Waals surface area contributed by atoms with Crippen LogP contribution in [0.25, 0.3) is 0 Å². The molecule has 0 saturated carbocycles. The van der Waals surface area contributed by atoms with Gasteiger partial charge in [-0.15, -0.1) is 0 Å². The Morgan fingerprint density at radius 1 is 0.871 bits per heavy atom. The van der Waals surface area contributed by atoms with Crippen molar-refractivity contribution in [3.63, 3.8) is 0 Å². The van der Waals surface area contributed by atoms with E-state index in [1.165, 1.54) is 6.92 Å². The number of aliphatic hydroxyl groups is 2. The van der Waals surface area contributed by atoms with E-state index in [0.29, 0.717) is 0 Å². The van der Waals surface area contributed by atoms with Gasteiger partial charge in [-0.3, -0.25) is 24.0 Å². The number of aliphatic hydroxyl groups excluding tert-OH is 2. The van der Waals surface area contributed by atoms with Crippen molar-refractivity contribution in [2.75, 3.05) is 6.61 Å². The van der Waals surface area contributed by atoms with Gasteiger partial charge in [-0.2, -0.15) is 0 Å². The molecule has 5 unspecified atom stereocenters. The first kappa shape index (κ1) is 27.7. The molecule has 0 spiro atoms. The molecule has 0 aliphatic carbocycles. The lowest BCUT2D eigenvalue weighted by Crippen LogP contribution is -2.59. The third-order valence-electron chi connectivity index (χ3n) is 3.94. The third kappa shape index (κ3) is 10.3. The minimum Gasteiger partial charge on any atom is -0.481 e. The maximum Gasteiger partial charge on any atom is 0.326 e. The predicted molar refractivity (Wildman–Crippen MR) is 101 cm³/mol. The maximum atomic E-state index is 12.4. The molecule has 0 aliphatic heterocycles. The zero-order valence-corrected chi connectivity index (χ0v) is 16.6. The summed E-state index contributed by atoms with van der Waals surface area (Å²) in [6, 6.07) is -6.36. The van der Waals surface area contributed by atoms with Crippen LogP contribution in [0.2, 0.25) is 0 Å². The Labute approximate surface area is 176 Å². The second-order valence-corrected chi connectivity index (χ2v) is 6.57. The number of carboxylic acid groups (broad SMARTS) is 2. The first-order valence-corrected chi connectivity index (χ1v) is 8.98. The maximum absolute atomic E-state index is 12.4. The quantitative estimate of drug-likeness (QED) is 0.121. The first-order valence-electron chi connectivity index (χ1n) is 8.98. The molecule has 15 nitrogen and oxygen atoms in total. The van der Waals surface area contributed by atoms with Crippen LogP contribution in [-0.2, 0) is 28.8 Å². The van der Waals surface area contributed by atoms with E-state index in [-0.39, 0.29) is 0 Å². The highest BCUT2D eigenvalue weighted by Gasteiger charge is 2.31. The Morgan fingerprint density at radius 3 is 1.77 bits per heavy atom. The minimum absolute atomic E-state index is 0.458. The fourth-order valence-electron chi connectivity index (χ4n) is 2.16. The van der Waals surface area contributed by atoms with Crippen LogP contribution in [0, 0.1) is 0 Å². The fraction of sp³-hybridized carbons (Fsp3) is 0.625. The molecule has 5 atom stereocenters. The summed E-state index contributed by atoms with van der Waals surface area (Å²) in [6.45, 7) is 0.218. The van der Waals surface area contributed by atoms with Gasteiger partial charge in [0.25, 0.3) is 0 Å². The van der Waals surface area contributed by atoms with Gasteiger partial charge in [-0.1, -0.05) is 0 Å². The SMILES string of the molecule is CC(O)C(N)C(=O)NC(CC(N)=O)C(=O)NC(CO)C(=O)NC(CCC(=O)O)C(=O)O. The third-order valence-corrected chi connectivity index (χ3v) is 3.94. The molecule has 176 valence electrons. The molecule has 31 heavy (non-hydrogen) atoms. The molecule has 0 aromatic rings. The van der Waals surface area contributed by atoms with Crippen molar-refractivity contribution in [1.29, 1.82) is 0 Å². The molecule has 0 bridgehead atoms. The van der Waals surface area contributed by atoms with Crippen LogP contribution in [-0.4, -0.2) is 92.9 Å². The predicted octanol–water partition coefficient (Wildman–Crippen LogP) is -5.03. The van der Waals surface area contributed by atoms with Gasteiger partial charge in [0.05, 0.1) is 19.1 Å². The van der Waals surface area contributed by atoms with Crippen molar-refractivity contribution in [2.45, 2.75) is 56.5 Å². The van der Waals surface area contributed by atoms with Crippen molar-refractivity contribution in [2.24, 2.45) is 11.5 Å². The van der Waals surface area contributed by atoms with Gasteiger partial charge >= 0.3 is 11.9 Å². The normalized spacial score (nSPS) is 15.5. The lowest BCUT2D eigenvalue weighted by Gasteiger charge is -2.24. The van der Waals surface area contributed by atoms with Gasteiger partial charge in [-0.25, -0.2) is 4.79 Å². The zero-order chi connectivity index (χ0) is 24.3. The highest BCUT2D eigenvalue weighted by Crippen LogP contribution is 2.01. The average Bonchev–Trinajstić information content (AvgIpc) is 2.66. The van der Waals surface area contributed by atoms with Crippen LogP contribution in [0.1, 0.15) is 26.2 Å². The zero-order valence-electron chi connectivity index (χ0n) is 16.6. The van der Waals surface area contributed by atoms with Gasteiger partial charge in [0.1, 0.15) is 24.2 Å². The summed E-state index contributed by atoms with van der Waals surface area (Å²) in [5.74, 6) is -7.12. The number of nitrogens with one attached hydrogen (secondary N) is 3. The van der Waals surface area contributed by atoms with Crippen molar-refractivity contribution in [3.05, 3.63) is 0 Å². The first-order chi connectivity index (χ1) is 14.3. The summed E-state index contributed by atoms with van der Waals surface area (Å²) in [6.07, 6.45) is -3.02. The highest BCUT2D eigenvalue weighted by atomic mass is 16.4. The minimum atomic E-state index is -1.70. The summed E-state index contributed by atoms with van der Waals surface area (Å²) < 4.78 is 0. The summed E-state index contributed by atoms with van der Waals surface area (Å²) in [5.41, 5.74) is 10.5. The van der Waals surface area contributed by atoms with E-state index < -0.39 is 91.7 Å². The molecule has 0 aromatic heterocycles. The molecule has 0 heterocycles. The lowest BCUT2D eigenvalue weighted by molar-refractivity contribution is -0.144. The van der Waals surface area contributed by atoms with E-state index in [1.54, 1.807) is 0 Å². The van der Waals surface area contributed by atoms with E-state index in [1.807, 2.05) is 10.6 Å². The second-order valence-electron chi connectivity index (χ2n) is 6.57. The Balaban J connectivity index is 5.26. The molecular weight excluding hydrogens is 422 g/mol. The molecule has 0 saturated heterocycles. The molecule has 0 radical (unpaired) electrons. The van der Waals surface area contributed by atoms with Gasteiger partial charge in [0.15, 0.2) is 0 Å². The topological polar surface area (TPSA) is 271 Å². The molecule has 0 aromatic carbocycles. The fourth-order valence-corrected chi connectivity index (χ4v) is 2.16. The highest BCUT2D eigenvalue weighted by molar-refractivity contribution is 5.96. The summed E-state index contributed by atoms with van der Waals surface area (Å²) in [5, 5.41) is 42.5. The van der Waals surface area contributed by atoms with Crippen LogP contribution >= 0.6 is 0 Å². The van der Waals surface area contributed by atoms with Crippen molar-refractivity contribution >= 4 is 35.6 Å². The molecular formula is C16H27N5O10. The van der Waals surface area contributed by atoms with Crippen LogP contribution < -0.4 is 27.4 Å². The number of carboxylic acids is 2. The number of primary amides is 1. The van der Waals surface area contributed by atoms with Crippen LogP contribution in [0.5, 0.6) is 0 Å². The van der Waals surface area contributed by atoms with Crippen molar-refractivity contribution in [3.8, 4) is 0 Å². The lowest BCUT2D eigenvalue weighted by atomic mass is 10.1. The smallest absolute Gasteiger partial charge is 0.326 e. The number of amides is 4. The van der Waals surface area contributed by atoms with E-state index in [4.69, 9.17) is 21.7 Å². The number of rotatable bonds is 14. The van der Waals surface area contributed by atoms with Gasteiger partial charge in [0.2, 0.25) is 23.6 Å². The molecule has 11 N–H and O–H groups in total. The van der Waals surface area contributed by atoms with Crippen LogP contribution in [0.3, 0.4) is 0 Å². The monoisotopic (exact) mass is 449 g/mol. The van der Waals surface area contributed by atoms with E-state index >= 15 is 0 Å². The number of nitrogens with two attached hydrogens (primary N) is 2. The van der Waals surface area contributed by atoms with E-state index in [2.05, 4.69) is 5.32 Å². The number of carbonyl (C=O) groups is 6. The van der Waals surface area contributed by atoms with Crippen molar-refractivity contribution < 1.29 is 49.2 Å². The summed E-state index contributed by atoms with van der Waals surface area (Å²) in [4.78, 5) is 69.5. The average molecular weight is 449 g/mol. The molecule has 15 heteroatoms.